The predicted molar refractivity (Wildman–Crippen MR) is 69.4 cm³/mol. The van der Waals surface area contributed by atoms with Gasteiger partial charge in [0.1, 0.15) is 5.75 Å². The van der Waals surface area contributed by atoms with Gasteiger partial charge < -0.3 is 4.74 Å². The zero-order chi connectivity index (χ0) is 12.4. The number of hydrogen-bond acceptors (Lipinski definition) is 2. The van der Waals surface area contributed by atoms with E-state index in [0.717, 1.165) is 18.4 Å². The molecule has 1 aliphatic carbocycles. The smallest absolute Gasteiger partial charge is 0.321 e. The molecule has 1 fully saturated rings. The Morgan fingerprint density at radius 3 is 2.00 bits per heavy atom. The second kappa shape index (κ2) is 4.30. The van der Waals surface area contributed by atoms with E-state index >= 15 is 0 Å². The molecule has 0 unspecified atom stereocenters. The van der Waals surface area contributed by atoms with Crippen LogP contribution in [0, 0.1) is 0 Å². The molecule has 0 heterocycles. The van der Waals surface area contributed by atoms with Gasteiger partial charge in [-0.15, -0.1) is 0 Å². The molecule has 2 nitrogen and oxygen atoms in total. The van der Waals surface area contributed by atoms with Gasteiger partial charge in [0.15, 0.2) is 0 Å². The van der Waals surface area contributed by atoms with Crippen molar-refractivity contribution in [2.45, 2.75) is 18.3 Å². The number of benzene rings is 2. The molecule has 1 aliphatic rings. The largest absolute Gasteiger partial charge is 0.426 e. The first-order valence-electron chi connectivity index (χ1n) is 6.14. The summed E-state index contributed by atoms with van der Waals surface area (Å²) in [5.41, 5.74) is 0.655. The van der Waals surface area contributed by atoms with Gasteiger partial charge in [0, 0.05) is 0 Å². The molecule has 2 heteroatoms. The summed E-state index contributed by atoms with van der Waals surface area (Å²) in [7, 11) is 0. The highest BCUT2D eigenvalue weighted by Gasteiger charge is 2.52. The molecule has 2 aromatic carbocycles. The van der Waals surface area contributed by atoms with Gasteiger partial charge in [-0.2, -0.15) is 0 Å². The van der Waals surface area contributed by atoms with E-state index < -0.39 is 5.41 Å². The molecule has 0 aromatic heterocycles. The lowest BCUT2D eigenvalue weighted by atomic mass is 9.96. The van der Waals surface area contributed by atoms with Crippen molar-refractivity contribution in [2.24, 2.45) is 0 Å². The Morgan fingerprint density at radius 1 is 0.889 bits per heavy atom. The molecule has 0 radical (unpaired) electrons. The summed E-state index contributed by atoms with van der Waals surface area (Å²) in [4.78, 5) is 12.3. The van der Waals surface area contributed by atoms with Crippen LogP contribution in [0.5, 0.6) is 5.75 Å². The maximum Gasteiger partial charge on any atom is 0.321 e. The minimum atomic E-state index is -0.406. The molecule has 0 N–H and O–H groups in total. The van der Waals surface area contributed by atoms with E-state index in [1.54, 1.807) is 12.1 Å². The molecule has 90 valence electrons. The van der Waals surface area contributed by atoms with Crippen LogP contribution in [0.3, 0.4) is 0 Å². The summed E-state index contributed by atoms with van der Waals surface area (Å²) < 4.78 is 5.46. The second-order valence-electron chi connectivity index (χ2n) is 4.65. The van der Waals surface area contributed by atoms with Gasteiger partial charge in [0.2, 0.25) is 0 Å². The highest BCUT2D eigenvalue weighted by molar-refractivity contribution is 5.88. The van der Waals surface area contributed by atoms with Gasteiger partial charge in [0.05, 0.1) is 5.41 Å². The van der Waals surface area contributed by atoms with E-state index in [0.29, 0.717) is 5.75 Å². The molecule has 18 heavy (non-hydrogen) atoms. The fraction of sp³-hybridized carbons (Fsp3) is 0.188. The van der Waals surface area contributed by atoms with Gasteiger partial charge in [-0.3, -0.25) is 4.79 Å². The fourth-order valence-corrected chi connectivity index (χ4v) is 2.19. The summed E-state index contributed by atoms with van der Waals surface area (Å²) in [6, 6.07) is 19.1. The summed E-state index contributed by atoms with van der Waals surface area (Å²) in [6.07, 6.45) is 1.76. The minimum absolute atomic E-state index is 0.139. The van der Waals surface area contributed by atoms with Crippen LogP contribution < -0.4 is 4.74 Å². The quantitative estimate of drug-likeness (QED) is 0.605. The van der Waals surface area contributed by atoms with Crippen LogP contribution in [0.15, 0.2) is 60.7 Å². The Hall–Kier alpha value is -2.09. The molecule has 0 aliphatic heterocycles. The molecule has 0 bridgehead atoms. The van der Waals surface area contributed by atoms with Crippen molar-refractivity contribution in [3.05, 3.63) is 66.2 Å². The number of rotatable bonds is 3. The monoisotopic (exact) mass is 238 g/mol. The number of ether oxygens (including phenoxy) is 1. The van der Waals surface area contributed by atoms with Crippen LogP contribution >= 0.6 is 0 Å². The fourth-order valence-electron chi connectivity index (χ4n) is 2.19. The first-order chi connectivity index (χ1) is 8.81. The van der Waals surface area contributed by atoms with E-state index in [1.807, 2.05) is 48.5 Å². The number of carbonyl (C=O) groups is 1. The van der Waals surface area contributed by atoms with Crippen LogP contribution in [-0.2, 0) is 10.2 Å². The zero-order valence-corrected chi connectivity index (χ0v) is 10.0. The zero-order valence-electron chi connectivity index (χ0n) is 10.0. The Morgan fingerprint density at radius 2 is 1.44 bits per heavy atom. The molecule has 0 atom stereocenters. The van der Waals surface area contributed by atoms with E-state index in [-0.39, 0.29) is 5.97 Å². The first kappa shape index (κ1) is 11.0. The van der Waals surface area contributed by atoms with Crippen LogP contribution in [0.2, 0.25) is 0 Å². The number of hydrogen-bond donors (Lipinski definition) is 0. The standard InChI is InChI=1S/C16H14O2/c17-15(18-14-9-5-2-6-10-14)16(11-12-16)13-7-3-1-4-8-13/h1-10H,11-12H2. The maximum atomic E-state index is 12.3. The topological polar surface area (TPSA) is 26.3 Å². The van der Waals surface area contributed by atoms with Gasteiger partial charge in [-0.05, 0) is 30.5 Å². The molecule has 3 rings (SSSR count). The lowest BCUT2D eigenvalue weighted by Crippen LogP contribution is -2.25. The lowest BCUT2D eigenvalue weighted by Gasteiger charge is -2.14. The average Bonchev–Trinajstić information content (AvgIpc) is 3.22. The third kappa shape index (κ3) is 1.90. The Labute approximate surface area is 106 Å². The Balaban J connectivity index is 1.81. The van der Waals surface area contributed by atoms with Gasteiger partial charge in [0.25, 0.3) is 0 Å². The van der Waals surface area contributed by atoms with E-state index in [1.165, 1.54) is 0 Å². The average molecular weight is 238 g/mol. The second-order valence-corrected chi connectivity index (χ2v) is 4.65. The summed E-state index contributed by atoms with van der Waals surface area (Å²) >= 11 is 0. The number of carbonyl (C=O) groups excluding carboxylic acids is 1. The van der Waals surface area contributed by atoms with Crippen molar-refractivity contribution in [1.29, 1.82) is 0 Å². The Bertz CT molecular complexity index is 542. The molecule has 0 spiro atoms. The SMILES string of the molecule is O=C(Oc1ccccc1)C1(c2ccccc2)CC1. The normalized spacial score (nSPS) is 16.0. The number of para-hydroxylation sites is 1. The van der Waals surface area contributed by atoms with Crippen molar-refractivity contribution < 1.29 is 9.53 Å². The third-order valence-corrected chi connectivity index (χ3v) is 3.42. The van der Waals surface area contributed by atoms with E-state index in [9.17, 15) is 4.79 Å². The van der Waals surface area contributed by atoms with Crippen molar-refractivity contribution in [3.63, 3.8) is 0 Å². The first-order valence-corrected chi connectivity index (χ1v) is 6.14. The molecular weight excluding hydrogens is 224 g/mol. The van der Waals surface area contributed by atoms with Crippen molar-refractivity contribution >= 4 is 5.97 Å². The molecular formula is C16H14O2. The maximum absolute atomic E-state index is 12.3. The van der Waals surface area contributed by atoms with Gasteiger partial charge >= 0.3 is 5.97 Å². The van der Waals surface area contributed by atoms with Crippen molar-refractivity contribution in [2.75, 3.05) is 0 Å². The predicted octanol–water partition coefficient (Wildman–Crippen LogP) is 3.32. The van der Waals surface area contributed by atoms with Gasteiger partial charge in [-0.25, -0.2) is 0 Å². The third-order valence-electron chi connectivity index (χ3n) is 3.42. The molecule has 1 saturated carbocycles. The van der Waals surface area contributed by atoms with Crippen molar-refractivity contribution in [3.8, 4) is 5.75 Å². The number of esters is 1. The minimum Gasteiger partial charge on any atom is -0.426 e. The van der Waals surface area contributed by atoms with Crippen molar-refractivity contribution in [1.82, 2.24) is 0 Å². The van der Waals surface area contributed by atoms with E-state index in [4.69, 9.17) is 4.74 Å². The molecule has 0 saturated heterocycles. The highest BCUT2D eigenvalue weighted by atomic mass is 16.5. The molecule has 2 aromatic rings. The lowest BCUT2D eigenvalue weighted by molar-refractivity contribution is -0.137. The summed E-state index contributed by atoms with van der Waals surface area (Å²) in [5, 5.41) is 0. The van der Waals surface area contributed by atoms with Crippen LogP contribution in [-0.4, -0.2) is 5.97 Å². The summed E-state index contributed by atoms with van der Waals surface area (Å²) in [6.45, 7) is 0. The summed E-state index contributed by atoms with van der Waals surface area (Å²) in [5.74, 6) is 0.476. The van der Waals surface area contributed by atoms with Gasteiger partial charge in [-0.1, -0.05) is 48.5 Å². The van der Waals surface area contributed by atoms with Crippen LogP contribution in [0.25, 0.3) is 0 Å². The Kier molecular flexibility index (Phi) is 2.63. The van der Waals surface area contributed by atoms with E-state index in [2.05, 4.69) is 0 Å². The van der Waals surface area contributed by atoms with Crippen LogP contribution in [0.1, 0.15) is 18.4 Å². The molecule has 0 amide bonds. The highest BCUT2D eigenvalue weighted by Crippen LogP contribution is 2.49. The van der Waals surface area contributed by atoms with Crippen LogP contribution in [0.4, 0.5) is 0 Å².